The minimum absolute atomic E-state index is 0.0555. The number of phenols is 1. The Kier molecular flexibility index (Phi) is 4.30. The van der Waals surface area contributed by atoms with E-state index in [4.69, 9.17) is 5.73 Å². The highest BCUT2D eigenvalue weighted by molar-refractivity contribution is 5.85. The number of aromatic hydroxyl groups is 1. The lowest BCUT2D eigenvalue weighted by atomic mass is 9.57. The molecular weight excluding hydrogens is 371 g/mol. The molecule has 8 heteroatoms. The molecule has 28 heavy (non-hydrogen) atoms. The molecule has 1 amide bonds. The number of hydrogen-bond acceptors (Lipinski definition) is 3. The number of benzene rings is 1. The molecule has 3 saturated carbocycles. The summed E-state index contributed by atoms with van der Waals surface area (Å²) in [4.78, 5) is 16.1. The Morgan fingerprint density at radius 3 is 2.32 bits per heavy atom. The molecule has 0 spiro atoms. The molecule has 5 rings (SSSR count). The molecule has 1 heterocycles. The van der Waals surface area contributed by atoms with Gasteiger partial charge in [0.15, 0.2) is 0 Å². The van der Waals surface area contributed by atoms with E-state index >= 15 is 0 Å². The third kappa shape index (κ3) is 3.09. The van der Waals surface area contributed by atoms with E-state index in [-0.39, 0.29) is 27.8 Å². The van der Waals surface area contributed by atoms with Crippen molar-refractivity contribution >= 4 is 16.8 Å². The molecule has 0 atom stereocenters. The topological polar surface area (TPSA) is 92.8 Å². The van der Waals surface area contributed by atoms with Crippen molar-refractivity contribution in [2.24, 2.45) is 11.1 Å². The second-order valence-corrected chi connectivity index (χ2v) is 8.24. The number of fused-ring (bicyclic) bond motifs is 4. The predicted molar refractivity (Wildman–Crippen MR) is 96.1 cm³/mol. The monoisotopic (exact) mass is 394 g/mol. The van der Waals surface area contributed by atoms with Gasteiger partial charge in [-0.1, -0.05) is 6.07 Å². The Bertz CT molecular complexity index is 918. The van der Waals surface area contributed by atoms with Gasteiger partial charge in [-0.2, -0.15) is 13.2 Å². The normalized spacial score (nSPS) is 27.2. The molecule has 0 saturated heterocycles. The van der Waals surface area contributed by atoms with Crippen LogP contribution in [0.2, 0.25) is 0 Å². The molecule has 3 aliphatic carbocycles. The van der Waals surface area contributed by atoms with Crippen molar-refractivity contribution in [3.05, 3.63) is 35.5 Å². The molecule has 5 nitrogen and oxygen atoms in total. The smallest absolute Gasteiger partial charge is 0.420 e. The number of quaternary nitrogens is 1. The summed E-state index contributed by atoms with van der Waals surface area (Å²) in [6, 6.07) is 5.41. The second-order valence-electron chi connectivity index (χ2n) is 8.24. The zero-order chi connectivity index (χ0) is 20.2. The van der Waals surface area contributed by atoms with Crippen molar-refractivity contribution < 1.29 is 28.4 Å². The number of hydrogen-bond donors (Lipinski definition) is 3. The van der Waals surface area contributed by atoms with Crippen molar-refractivity contribution in [1.29, 1.82) is 0 Å². The zero-order valence-corrected chi connectivity index (χ0v) is 15.4. The molecule has 0 radical (unpaired) electrons. The first-order valence-corrected chi connectivity index (χ1v) is 9.47. The van der Waals surface area contributed by atoms with Crippen LogP contribution in [0.15, 0.2) is 24.3 Å². The number of phenolic OH excluding ortho intramolecular Hbond substituents is 1. The van der Waals surface area contributed by atoms with Gasteiger partial charge in [-0.25, -0.2) is 4.98 Å². The third-order valence-electron chi connectivity index (χ3n) is 6.76. The van der Waals surface area contributed by atoms with Crippen LogP contribution in [0, 0.1) is 5.41 Å². The average Bonchev–Trinajstić information content (AvgIpc) is 2.66. The molecule has 0 aliphatic heterocycles. The van der Waals surface area contributed by atoms with Crippen LogP contribution in [0.4, 0.5) is 13.2 Å². The summed E-state index contributed by atoms with van der Waals surface area (Å²) in [6.45, 7) is 0.557. The highest BCUT2D eigenvalue weighted by atomic mass is 19.4. The van der Waals surface area contributed by atoms with E-state index in [0.29, 0.717) is 12.2 Å². The maximum Gasteiger partial charge on any atom is 0.420 e. The number of alkyl halides is 3. The first-order valence-electron chi connectivity index (χ1n) is 9.47. The fourth-order valence-electron chi connectivity index (χ4n) is 4.86. The highest BCUT2D eigenvalue weighted by Gasteiger charge is 2.53. The zero-order valence-electron chi connectivity index (χ0n) is 15.4. The summed E-state index contributed by atoms with van der Waals surface area (Å²) in [5.41, 5.74) is 5.17. The van der Waals surface area contributed by atoms with Gasteiger partial charge in [0.2, 0.25) is 5.91 Å². The molecule has 0 unspecified atom stereocenters. The molecule has 3 aliphatic rings. The molecule has 150 valence electrons. The Morgan fingerprint density at radius 2 is 1.75 bits per heavy atom. The van der Waals surface area contributed by atoms with E-state index < -0.39 is 17.5 Å². The summed E-state index contributed by atoms with van der Waals surface area (Å²) < 4.78 is 39.7. The summed E-state index contributed by atoms with van der Waals surface area (Å²) >= 11 is 0. The lowest BCUT2D eigenvalue weighted by Crippen LogP contribution is -2.97. The fraction of sp³-hybridized carbons (Fsp3) is 0.500. The Labute approximate surface area is 160 Å². The predicted octanol–water partition coefficient (Wildman–Crippen LogP) is 2.60. The number of halogens is 3. The Balaban J connectivity index is 1.52. The third-order valence-corrected chi connectivity index (χ3v) is 6.76. The molecule has 5 N–H and O–H groups in total. The van der Waals surface area contributed by atoms with Gasteiger partial charge < -0.3 is 16.2 Å². The SMILES string of the molecule is NC(=O)C12CCC([NH2+]Cc3ccc4c(C(F)(F)F)c(O)ccc4n3)(CC1)CC2. The lowest BCUT2D eigenvalue weighted by molar-refractivity contribution is -0.749. The highest BCUT2D eigenvalue weighted by Crippen LogP contribution is 2.50. The van der Waals surface area contributed by atoms with E-state index in [1.54, 1.807) is 6.07 Å². The lowest BCUT2D eigenvalue weighted by Gasteiger charge is -2.49. The molecule has 1 aromatic heterocycles. The maximum atomic E-state index is 13.2. The number of amides is 1. The van der Waals surface area contributed by atoms with Gasteiger partial charge in [-0.3, -0.25) is 4.79 Å². The number of aromatic nitrogens is 1. The van der Waals surface area contributed by atoms with Crippen molar-refractivity contribution in [1.82, 2.24) is 4.98 Å². The summed E-state index contributed by atoms with van der Waals surface area (Å²) in [6.07, 6.45) is 0.504. The van der Waals surface area contributed by atoms with Crippen molar-refractivity contribution in [3.8, 4) is 5.75 Å². The quantitative estimate of drug-likeness (QED) is 0.744. The first kappa shape index (κ1) is 19.0. The minimum atomic E-state index is -4.64. The van der Waals surface area contributed by atoms with Crippen LogP contribution < -0.4 is 11.1 Å². The van der Waals surface area contributed by atoms with E-state index in [1.807, 2.05) is 0 Å². The van der Waals surface area contributed by atoms with E-state index in [2.05, 4.69) is 10.3 Å². The second kappa shape index (κ2) is 6.34. The van der Waals surface area contributed by atoms with Gasteiger partial charge in [-0.15, -0.1) is 0 Å². The van der Waals surface area contributed by atoms with Crippen molar-refractivity contribution in [2.45, 2.75) is 56.8 Å². The van der Waals surface area contributed by atoms with Crippen molar-refractivity contribution in [2.75, 3.05) is 0 Å². The van der Waals surface area contributed by atoms with Gasteiger partial charge in [0, 0.05) is 30.1 Å². The van der Waals surface area contributed by atoms with Crippen LogP contribution in [0.5, 0.6) is 5.75 Å². The Morgan fingerprint density at radius 1 is 1.11 bits per heavy atom. The van der Waals surface area contributed by atoms with Gasteiger partial charge in [0.1, 0.15) is 17.9 Å². The average molecular weight is 394 g/mol. The summed E-state index contributed by atoms with van der Waals surface area (Å²) in [7, 11) is 0. The van der Waals surface area contributed by atoms with E-state index in [1.165, 1.54) is 12.1 Å². The molecule has 3 fully saturated rings. The first-order chi connectivity index (χ1) is 13.1. The molecule has 2 aromatic rings. The number of nitrogens with two attached hydrogens (primary N) is 2. The number of carbonyl (C=O) groups excluding carboxylic acids is 1. The molecule has 1 aromatic carbocycles. The summed E-state index contributed by atoms with van der Waals surface area (Å²) in [5.74, 6) is -0.983. The van der Waals surface area contributed by atoms with Crippen molar-refractivity contribution in [3.63, 3.8) is 0 Å². The largest absolute Gasteiger partial charge is 0.507 e. The fourth-order valence-corrected chi connectivity index (χ4v) is 4.86. The van der Waals surface area contributed by atoms with E-state index in [9.17, 15) is 23.1 Å². The van der Waals surface area contributed by atoms with Crippen LogP contribution >= 0.6 is 0 Å². The van der Waals surface area contributed by atoms with Gasteiger partial charge in [0.05, 0.1) is 16.7 Å². The van der Waals surface area contributed by atoms with Gasteiger partial charge >= 0.3 is 6.18 Å². The van der Waals surface area contributed by atoms with E-state index in [0.717, 1.165) is 44.6 Å². The number of carbonyl (C=O) groups is 1. The minimum Gasteiger partial charge on any atom is -0.507 e. The van der Waals surface area contributed by atoms with Crippen LogP contribution in [0.1, 0.15) is 49.8 Å². The number of pyridine rings is 1. The Hall–Kier alpha value is -2.35. The van der Waals surface area contributed by atoms with Gasteiger partial charge in [0.25, 0.3) is 0 Å². The van der Waals surface area contributed by atoms with Crippen LogP contribution in [-0.4, -0.2) is 21.5 Å². The van der Waals surface area contributed by atoms with Gasteiger partial charge in [-0.05, 0) is 37.5 Å². The maximum absolute atomic E-state index is 13.2. The molecule has 2 bridgehead atoms. The van der Waals surface area contributed by atoms with Crippen LogP contribution in [-0.2, 0) is 17.5 Å². The summed E-state index contributed by atoms with van der Waals surface area (Å²) in [5, 5.41) is 11.7. The number of nitrogens with zero attached hydrogens (tertiary/aromatic N) is 1. The van der Waals surface area contributed by atoms with Crippen LogP contribution in [0.3, 0.4) is 0 Å². The number of rotatable bonds is 4. The molecular formula is C20H23F3N3O2+. The standard InChI is InChI=1S/C20H22F3N3O2/c21-20(22,23)16-13-2-1-12(26-14(13)3-4-15(16)27)11-25-19-8-5-18(6-9-19,7-10-19)17(24)28/h1-4,25,27H,5-11H2,(H2,24,28)/p+1. The number of primary amides is 1. The van der Waals surface area contributed by atoms with Crippen LogP contribution in [0.25, 0.3) is 10.9 Å².